The lowest BCUT2D eigenvalue weighted by Crippen LogP contribution is -2.71. The molecule has 0 aromatic heterocycles. The Kier molecular flexibility index (Phi) is 3.97. The van der Waals surface area contributed by atoms with Crippen molar-refractivity contribution in [3.05, 3.63) is 23.3 Å². The van der Waals surface area contributed by atoms with Crippen LogP contribution >= 0.6 is 0 Å². The lowest BCUT2D eigenvalue weighted by Gasteiger charge is -2.46. The second-order valence-electron chi connectivity index (χ2n) is 8.07. The first kappa shape index (κ1) is 20.1. The number of aromatic hydroxyl groups is 1. The molecule has 1 saturated carbocycles. The van der Waals surface area contributed by atoms with E-state index in [1.165, 1.54) is 0 Å². The van der Waals surface area contributed by atoms with Gasteiger partial charge in [-0.2, -0.15) is 0 Å². The van der Waals surface area contributed by atoms with Crippen molar-refractivity contribution in [1.82, 2.24) is 5.32 Å². The van der Waals surface area contributed by atoms with E-state index in [2.05, 4.69) is 5.32 Å². The fraction of sp³-hybridized carbons (Fsp3) is 0.474. The zero-order valence-corrected chi connectivity index (χ0v) is 16.0. The molecule has 11 nitrogen and oxygen atoms in total. The van der Waals surface area contributed by atoms with Crippen molar-refractivity contribution in [1.29, 1.82) is 0 Å². The van der Waals surface area contributed by atoms with Gasteiger partial charge in [-0.3, -0.25) is 14.4 Å². The summed E-state index contributed by atoms with van der Waals surface area (Å²) in [4.78, 5) is 49.4. The fourth-order valence-electron chi connectivity index (χ4n) is 4.75. The van der Waals surface area contributed by atoms with Gasteiger partial charge in [-0.25, -0.2) is 4.79 Å². The van der Waals surface area contributed by atoms with Gasteiger partial charge in [0.25, 0.3) is 0 Å². The molecule has 1 aliphatic carbocycles. The molecule has 3 aliphatic rings. The molecule has 2 fully saturated rings. The molecule has 160 valence electrons. The molecule has 5 unspecified atom stereocenters. The predicted octanol–water partition coefficient (Wildman–Crippen LogP) is -0.685. The summed E-state index contributed by atoms with van der Waals surface area (Å²) in [7, 11) is 0. The van der Waals surface area contributed by atoms with Crippen molar-refractivity contribution in [2.45, 2.75) is 49.7 Å². The van der Waals surface area contributed by atoms with Crippen LogP contribution in [0.4, 0.5) is 0 Å². The van der Waals surface area contributed by atoms with E-state index >= 15 is 0 Å². The van der Waals surface area contributed by atoms with E-state index in [0.29, 0.717) is 0 Å². The molecule has 1 spiro atoms. The zero-order chi connectivity index (χ0) is 22.2. The third kappa shape index (κ3) is 2.33. The van der Waals surface area contributed by atoms with E-state index in [1.54, 1.807) is 0 Å². The van der Waals surface area contributed by atoms with Gasteiger partial charge in [0.05, 0.1) is 6.42 Å². The number of carbonyl (C=O) groups excluding carboxylic acids is 3. The molecule has 5 atom stereocenters. The number of carboxylic acid groups (broad SMARTS) is 1. The normalized spacial score (nSPS) is 37.5. The van der Waals surface area contributed by atoms with Crippen molar-refractivity contribution < 1.29 is 49.1 Å². The van der Waals surface area contributed by atoms with Gasteiger partial charge in [0.1, 0.15) is 34.1 Å². The minimum absolute atomic E-state index is 0.304. The number of aromatic carboxylic acids is 1. The number of carboxylic acids is 1. The summed E-state index contributed by atoms with van der Waals surface area (Å²) >= 11 is 0. The number of amides is 1. The minimum Gasteiger partial charge on any atom is -0.506 e. The molecule has 1 amide bonds. The minimum atomic E-state index is -2.27. The topological polar surface area (TPSA) is 180 Å². The number of aliphatic hydroxyl groups is 2. The summed E-state index contributed by atoms with van der Waals surface area (Å²) in [5.41, 5.74) is -7.86. The second kappa shape index (κ2) is 5.92. The van der Waals surface area contributed by atoms with Crippen LogP contribution in [0.2, 0.25) is 0 Å². The smallest absolute Gasteiger partial charge is 0.339 e. The summed E-state index contributed by atoms with van der Waals surface area (Å²) < 4.78 is 11.1. The van der Waals surface area contributed by atoms with Crippen LogP contribution in [-0.4, -0.2) is 67.1 Å². The first-order chi connectivity index (χ1) is 13.8. The number of hydrogen-bond acceptors (Lipinski definition) is 9. The third-order valence-corrected chi connectivity index (χ3v) is 6.06. The van der Waals surface area contributed by atoms with Crippen LogP contribution in [0, 0.1) is 5.92 Å². The fourth-order valence-corrected chi connectivity index (χ4v) is 4.75. The average molecular weight is 421 g/mol. The predicted molar refractivity (Wildman–Crippen MR) is 94.7 cm³/mol. The number of fused-ring (bicyclic) bond motifs is 2. The average Bonchev–Trinajstić information content (AvgIpc) is 2.76. The first-order valence-electron chi connectivity index (χ1n) is 9.12. The van der Waals surface area contributed by atoms with Gasteiger partial charge in [-0.1, -0.05) is 0 Å². The van der Waals surface area contributed by atoms with Crippen LogP contribution in [0.15, 0.2) is 12.1 Å². The Bertz CT molecular complexity index is 1010. The van der Waals surface area contributed by atoms with Gasteiger partial charge in [-0.05, 0) is 26.0 Å². The summed E-state index contributed by atoms with van der Waals surface area (Å²) in [6, 6.07) is 2.10. The van der Waals surface area contributed by atoms with Crippen LogP contribution < -0.4 is 10.1 Å². The molecule has 5 N–H and O–H groups in total. The Balaban J connectivity index is 2.00. The largest absolute Gasteiger partial charge is 0.506 e. The molecule has 1 saturated heterocycles. The number of rotatable bonds is 1. The maximum Gasteiger partial charge on any atom is 0.339 e. The summed E-state index contributed by atoms with van der Waals surface area (Å²) in [6.07, 6.45) is -2.31. The lowest BCUT2D eigenvalue weighted by molar-refractivity contribution is -0.195. The van der Waals surface area contributed by atoms with Gasteiger partial charge in [-0.15, -0.1) is 0 Å². The van der Waals surface area contributed by atoms with Crippen molar-refractivity contribution >= 4 is 23.6 Å². The SMILES string of the molecule is CC1(O)C2OC(=O)CCC(=O)NC3(Oc4ccc(C(=O)O)c(O)c4C(=O)C13)C2(C)O. The van der Waals surface area contributed by atoms with E-state index in [-0.39, 0.29) is 18.6 Å². The number of nitrogens with one attached hydrogen (secondary N) is 1. The number of hydrogen-bond donors (Lipinski definition) is 5. The van der Waals surface area contributed by atoms with Crippen LogP contribution in [0.3, 0.4) is 0 Å². The Labute approximate surface area is 169 Å². The van der Waals surface area contributed by atoms with Crippen LogP contribution in [0.1, 0.15) is 47.4 Å². The van der Waals surface area contributed by atoms with Crippen LogP contribution in [-0.2, 0) is 14.3 Å². The number of ether oxygens (including phenoxy) is 2. The molecule has 0 radical (unpaired) electrons. The van der Waals surface area contributed by atoms with Gasteiger partial charge in [0.2, 0.25) is 11.6 Å². The summed E-state index contributed by atoms with van der Waals surface area (Å²) in [5, 5.41) is 44.6. The highest BCUT2D eigenvalue weighted by molar-refractivity contribution is 6.09. The van der Waals surface area contributed by atoms with E-state index in [0.717, 1.165) is 26.0 Å². The Hall–Kier alpha value is -3.18. The molecule has 2 heterocycles. The van der Waals surface area contributed by atoms with E-state index < -0.39 is 69.5 Å². The molecule has 2 bridgehead atoms. The van der Waals surface area contributed by atoms with Gasteiger partial charge in [0, 0.05) is 6.42 Å². The Morgan fingerprint density at radius 2 is 1.83 bits per heavy atom. The summed E-state index contributed by atoms with van der Waals surface area (Å²) in [6.45, 7) is 2.28. The molecule has 11 heteroatoms. The monoisotopic (exact) mass is 421 g/mol. The first-order valence-corrected chi connectivity index (χ1v) is 9.12. The molecule has 1 aromatic rings. The van der Waals surface area contributed by atoms with Gasteiger partial charge in [0.15, 0.2) is 17.5 Å². The second-order valence-corrected chi connectivity index (χ2v) is 8.07. The molecular weight excluding hydrogens is 402 g/mol. The van der Waals surface area contributed by atoms with E-state index in [4.69, 9.17) is 9.47 Å². The number of esters is 1. The van der Waals surface area contributed by atoms with Crippen LogP contribution in [0.25, 0.3) is 0 Å². The highest BCUT2D eigenvalue weighted by atomic mass is 16.6. The van der Waals surface area contributed by atoms with Crippen LogP contribution in [0.5, 0.6) is 11.5 Å². The maximum atomic E-state index is 13.4. The van der Waals surface area contributed by atoms with Crippen molar-refractivity contribution in [3.8, 4) is 11.5 Å². The summed E-state index contributed by atoms with van der Waals surface area (Å²) in [5.74, 6) is -7.01. The van der Waals surface area contributed by atoms with Gasteiger partial charge < -0.3 is 35.2 Å². The molecule has 2 aliphatic heterocycles. The highest BCUT2D eigenvalue weighted by Gasteiger charge is 2.79. The van der Waals surface area contributed by atoms with E-state index in [1.807, 2.05) is 0 Å². The van der Waals surface area contributed by atoms with Crippen molar-refractivity contribution in [2.75, 3.05) is 0 Å². The zero-order valence-electron chi connectivity index (χ0n) is 16.0. The van der Waals surface area contributed by atoms with Gasteiger partial charge >= 0.3 is 11.9 Å². The number of phenols is 1. The Morgan fingerprint density at radius 1 is 1.17 bits per heavy atom. The number of carbonyl (C=O) groups is 4. The van der Waals surface area contributed by atoms with E-state index in [9.17, 15) is 39.6 Å². The highest BCUT2D eigenvalue weighted by Crippen LogP contribution is 2.57. The van der Waals surface area contributed by atoms with Crippen molar-refractivity contribution in [3.63, 3.8) is 0 Å². The molecule has 1 aromatic carbocycles. The standard InChI is InChI=1S/C19H19NO10/c1-17(27)14-13(24)11-8(4-3-7(12(11)23)15(25)26)30-19(14)18(2,28)16(17)29-10(22)6-5-9(21)20-19/h3-4,14,16,23,27-28H,5-6H2,1-2H3,(H,20,21)(H,25,26). The third-order valence-electron chi connectivity index (χ3n) is 6.06. The molecule has 30 heavy (non-hydrogen) atoms. The Morgan fingerprint density at radius 3 is 2.47 bits per heavy atom. The number of ketones is 1. The quantitative estimate of drug-likeness (QED) is 0.364. The lowest BCUT2D eigenvalue weighted by atomic mass is 9.77. The number of Topliss-reactive ketones (excluding diaryl/α,β-unsaturated/α-hetero) is 1. The maximum absolute atomic E-state index is 13.4. The number of benzene rings is 1. The molecule has 4 rings (SSSR count). The van der Waals surface area contributed by atoms with Crippen molar-refractivity contribution in [2.24, 2.45) is 5.92 Å². The molecular formula is C19H19NO10.